The van der Waals surface area contributed by atoms with Crippen LogP contribution in [0.1, 0.15) is 30.9 Å². The van der Waals surface area contributed by atoms with Crippen LogP contribution < -0.4 is 0 Å². The highest BCUT2D eigenvalue weighted by Gasteiger charge is 2.37. The Morgan fingerprint density at radius 3 is 2.68 bits per heavy atom. The van der Waals surface area contributed by atoms with Crippen molar-refractivity contribution in [3.8, 4) is 0 Å². The molecule has 1 amide bonds. The number of fused-ring (bicyclic) bond motifs is 1. The molecule has 0 aromatic heterocycles. The molecule has 0 bridgehead atoms. The summed E-state index contributed by atoms with van der Waals surface area (Å²) in [6, 6.07) is 7.40. The van der Waals surface area contributed by atoms with E-state index < -0.39 is 12.0 Å². The molecule has 1 N–H and O–H groups in total. The van der Waals surface area contributed by atoms with E-state index in [4.69, 9.17) is 0 Å². The minimum Gasteiger partial charge on any atom is -0.480 e. The number of amides is 1. The van der Waals surface area contributed by atoms with E-state index in [1.165, 1.54) is 11.1 Å². The molecule has 2 aliphatic heterocycles. The van der Waals surface area contributed by atoms with Gasteiger partial charge in [0.2, 0.25) is 5.91 Å². The summed E-state index contributed by atoms with van der Waals surface area (Å²) in [5.74, 6) is -0.939. The van der Waals surface area contributed by atoms with Gasteiger partial charge in [-0.05, 0) is 37.3 Å². The zero-order valence-corrected chi connectivity index (χ0v) is 12.9. The molecule has 1 aromatic rings. The van der Waals surface area contributed by atoms with E-state index in [1.807, 2.05) is 19.1 Å². The third-order valence-corrected chi connectivity index (χ3v) is 4.89. The molecule has 0 unspecified atom stereocenters. The van der Waals surface area contributed by atoms with Crippen LogP contribution >= 0.6 is 0 Å². The Morgan fingerprint density at radius 2 is 1.95 bits per heavy atom. The topological polar surface area (TPSA) is 60.9 Å². The molecule has 2 aliphatic rings. The van der Waals surface area contributed by atoms with Crippen LogP contribution in [0.5, 0.6) is 0 Å². The van der Waals surface area contributed by atoms with Crippen molar-refractivity contribution in [1.29, 1.82) is 0 Å². The maximum absolute atomic E-state index is 12.7. The highest BCUT2D eigenvalue weighted by atomic mass is 16.4. The van der Waals surface area contributed by atoms with Crippen molar-refractivity contribution < 1.29 is 14.7 Å². The molecule has 2 heterocycles. The molecule has 5 heteroatoms. The first-order valence-corrected chi connectivity index (χ1v) is 7.92. The van der Waals surface area contributed by atoms with Crippen LogP contribution in [0.3, 0.4) is 0 Å². The number of carbonyl (C=O) groups excluding carboxylic acids is 1. The molecule has 2 atom stereocenters. The summed E-state index contributed by atoms with van der Waals surface area (Å²) in [4.78, 5) is 27.7. The fourth-order valence-corrected chi connectivity index (χ4v) is 3.53. The van der Waals surface area contributed by atoms with Gasteiger partial charge >= 0.3 is 5.97 Å². The number of likely N-dealkylation sites (tertiary alicyclic amines) is 1. The molecule has 0 saturated carbocycles. The van der Waals surface area contributed by atoms with Crippen LogP contribution in [-0.4, -0.2) is 52.0 Å². The average Bonchev–Trinajstić information content (AvgIpc) is 3.03. The van der Waals surface area contributed by atoms with Gasteiger partial charge in [0.25, 0.3) is 0 Å². The van der Waals surface area contributed by atoms with E-state index >= 15 is 0 Å². The number of rotatable bonds is 3. The Hall–Kier alpha value is -1.88. The van der Waals surface area contributed by atoms with Gasteiger partial charge in [-0.15, -0.1) is 0 Å². The number of hydrogen-bond acceptors (Lipinski definition) is 3. The normalized spacial score (nSPS) is 23.1. The van der Waals surface area contributed by atoms with Crippen molar-refractivity contribution in [1.82, 2.24) is 9.80 Å². The second kappa shape index (κ2) is 6.08. The van der Waals surface area contributed by atoms with Gasteiger partial charge in [-0.3, -0.25) is 9.69 Å². The molecule has 0 aliphatic carbocycles. The van der Waals surface area contributed by atoms with Gasteiger partial charge in [0, 0.05) is 19.6 Å². The van der Waals surface area contributed by atoms with E-state index in [0.29, 0.717) is 13.0 Å². The SMILES string of the molecule is C[C@@H](C(=O)N1CCC[C@H]1C(=O)O)N1CCc2ccccc2C1. The van der Waals surface area contributed by atoms with E-state index in [1.54, 1.807) is 4.90 Å². The number of aliphatic carboxylic acids is 1. The predicted molar refractivity (Wildman–Crippen MR) is 82.4 cm³/mol. The molecule has 1 saturated heterocycles. The molecule has 3 rings (SSSR count). The molecule has 118 valence electrons. The first-order valence-electron chi connectivity index (χ1n) is 7.92. The van der Waals surface area contributed by atoms with E-state index in [9.17, 15) is 14.7 Å². The molecular weight excluding hydrogens is 280 g/mol. The first-order chi connectivity index (χ1) is 10.6. The lowest BCUT2D eigenvalue weighted by Crippen LogP contribution is -2.51. The Kier molecular flexibility index (Phi) is 4.16. The van der Waals surface area contributed by atoms with Gasteiger partial charge in [0.15, 0.2) is 0 Å². The average molecular weight is 302 g/mol. The van der Waals surface area contributed by atoms with Crippen LogP contribution in [0.2, 0.25) is 0 Å². The zero-order chi connectivity index (χ0) is 15.7. The van der Waals surface area contributed by atoms with Gasteiger partial charge in [-0.25, -0.2) is 4.79 Å². The predicted octanol–water partition coefficient (Wildman–Crippen LogP) is 1.51. The van der Waals surface area contributed by atoms with E-state index in [2.05, 4.69) is 17.0 Å². The van der Waals surface area contributed by atoms with Crippen LogP contribution in [0.25, 0.3) is 0 Å². The van der Waals surface area contributed by atoms with Crippen molar-refractivity contribution in [2.45, 2.75) is 44.8 Å². The monoisotopic (exact) mass is 302 g/mol. The molecule has 5 nitrogen and oxygen atoms in total. The zero-order valence-electron chi connectivity index (χ0n) is 12.9. The van der Waals surface area contributed by atoms with Gasteiger partial charge in [0.05, 0.1) is 6.04 Å². The van der Waals surface area contributed by atoms with Gasteiger partial charge in [0.1, 0.15) is 6.04 Å². The van der Waals surface area contributed by atoms with Crippen molar-refractivity contribution >= 4 is 11.9 Å². The van der Waals surface area contributed by atoms with Crippen molar-refractivity contribution in [2.24, 2.45) is 0 Å². The Labute approximate surface area is 130 Å². The summed E-state index contributed by atoms with van der Waals surface area (Å²) in [6.07, 6.45) is 2.28. The fraction of sp³-hybridized carbons (Fsp3) is 0.529. The van der Waals surface area contributed by atoms with Crippen LogP contribution in [0, 0.1) is 0 Å². The molecule has 22 heavy (non-hydrogen) atoms. The quantitative estimate of drug-likeness (QED) is 0.919. The van der Waals surface area contributed by atoms with E-state index in [-0.39, 0.29) is 11.9 Å². The second-order valence-corrected chi connectivity index (χ2v) is 6.19. The summed E-state index contributed by atoms with van der Waals surface area (Å²) >= 11 is 0. The summed E-state index contributed by atoms with van der Waals surface area (Å²) in [5, 5.41) is 9.25. The largest absolute Gasteiger partial charge is 0.480 e. The second-order valence-electron chi connectivity index (χ2n) is 6.19. The Morgan fingerprint density at radius 1 is 1.23 bits per heavy atom. The summed E-state index contributed by atoms with van der Waals surface area (Å²) in [7, 11) is 0. The number of nitrogens with zero attached hydrogens (tertiary/aromatic N) is 2. The molecule has 0 spiro atoms. The molecule has 0 radical (unpaired) electrons. The van der Waals surface area contributed by atoms with Crippen LogP contribution in [0.15, 0.2) is 24.3 Å². The molecular formula is C17H22N2O3. The number of carboxylic acids is 1. The van der Waals surface area contributed by atoms with Crippen molar-refractivity contribution in [3.63, 3.8) is 0 Å². The molecule has 1 aromatic carbocycles. The van der Waals surface area contributed by atoms with Crippen molar-refractivity contribution in [3.05, 3.63) is 35.4 Å². The minimum atomic E-state index is -0.887. The highest BCUT2D eigenvalue weighted by molar-refractivity contribution is 5.87. The third kappa shape index (κ3) is 2.73. The number of carbonyl (C=O) groups is 2. The van der Waals surface area contributed by atoms with Gasteiger partial charge < -0.3 is 10.0 Å². The van der Waals surface area contributed by atoms with Crippen LogP contribution in [-0.2, 0) is 22.6 Å². The first kappa shape index (κ1) is 15.0. The summed E-state index contributed by atoms with van der Waals surface area (Å²) < 4.78 is 0. The standard InChI is InChI=1S/C17H22N2O3/c1-12(16(20)19-9-4-7-15(19)17(21)22)18-10-8-13-5-2-3-6-14(13)11-18/h2-3,5-6,12,15H,4,7-11H2,1H3,(H,21,22)/t12-,15-/m0/s1. The van der Waals surface area contributed by atoms with Gasteiger partial charge in [-0.2, -0.15) is 0 Å². The number of carboxylic acid groups (broad SMARTS) is 1. The number of benzene rings is 1. The lowest BCUT2D eigenvalue weighted by Gasteiger charge is -2.35. The summed E-state index contributed by atoms with van der Waals surface area (Å²) in [5.41, 5.74) is 2.62. The summed E-state index contributed by atoms with van der Waals surface area (Å²) in [6.45, 7) is 4.06. The molecule has 1 fully saturated rings. The maximum atomic E-state index is 12.7. The van der Waals surface area contributed by atoms with Gasteiger partial charge in [-0.1, -0.05) is 24.3 Å². The third-order valence-electron chi connectivity index (χ3n) is 4.89. The highest BCUT2D eigenvalue weighted by Crippen LogP contribution is 2.24. The lowest BCUT2D eigenvalue weighted by atomic mass is 9.98. The Bertz CT molecular complexity index is 587. The van der Waals surface area contributed by atoms with Crippen LogP contribution in [0.4, 0.5) is 0 Å². The maximum Gasteiger partial charge on any atom is 0.326 e. The number of hydrogen-bond donors (Lipinski definition) is 1. The lowest BCUT2D eigenvalue weighted by molar-refractivity contribution is -0.150. The van der Waals surface area contributed by atoms with Crippen molar-refractivity contribution in [2.75, 3.05) is 13.1 Å². The minimum absolute atomic E-state index is 0.0516. The Balaban J connectivity index is 1.70. The fourth-order valence-electron chi connectivity index (χ4n) is 3.53. The smallest absolute Gasteiger partial charge is 0.326 e. The van der Waals surface area contributed by atoms with E-state index in [0.717, 1.165) is 25.9 Å².